The van der Waals surface area contributed by atoms with Gasteiger partial charge in [-0.15, -0.1) is 0 Å². The van der Waals surface area contributed by atoms with E-state index in [1.807, 2.05) is 0 Å². The molecule has 9 heteroatoms. The molecule has 140 valence electrons. The molecule has 0 aliphatic rings. The van der Waals surface area contributed by atoms with Gasteiger partial charge in [-0.1, -0.05) is 5.16 Å². The summed E-state index contributed by atoms with van der Waals surface area (Å²) in [5.74, 6) is 1.02. The van der Waals surface area contributed by atoms with Gasteiger partial charge in [0, 0.05) is 37.8 Å². The van der Waals surface area contributed by atoms with Crippen molar-refractivity contribution in [2.75, 3.05) is 13.6 Å². The number of likely N-dealkylation sites (N-methyl/N-ethyl adjacent to an activating group) is 1. The lowest BCUT2D eigenvalue weighted by Gasteiger charge is -2.16. The first-order valence-electron chi connectivity index (χ1n) is 8.38. The number of aryl methyl sites for hydroxylation is 1. The summed E-state index contributed by atoms with van der Waals surface area (Å²) >= 11 is 0. The van der Waals surface area contributed by atoms with Crippen LogP contribution in [0.5, 0.6) is 0 Å². The molecule has 0 spiro atoms. The van der Waals surface area contributed by atoms with Gasteiger partial charge < -0.3 is 19.2 Å². The van der Waals surface area contributed by atoms with Gasteiger partial charge in [0.1, 0.15) is 5.76 Å². The number of nitrogens with one attached hydrogen (secondary N) is 1. The second kappa shape index (κ2) is 8.75. The highest BCUT2D eigenvalue weighted by molar-refractivity contribution is 5.84. The fourth-order valence-electron chi connectivity index (χ4n) is 2.34. The Balaban J connectivity index is 1.43. The molecular formula is C18H19N5O4. The molecule has 0 saturated heterocycles. The van der Waals surface area contributed by atoms with E-state index in [0.29, 0.717) is 23.9 Å². The number of carbonyl (C=O) groups excluding carboxylic acids is 2. The maximum absolute atomic E-state index is 12.2. The molecule has 0 saturated carbocycles. The predicted octanol–water partition coefficient (Wildman–Crippen LogP) is 1.43. The Kier molecular flexibility index (Phi) is 5.93. The molecule has 0 aliphatic heterocycles. The van der Waals surface area contributed by atoms with Gasteiger partial charge in [0.2, 0.25) is 23.5 Å². The minimum Gasteiger partial charge on any atom is -0.467 e. The van der Waals surface area contributed by atoms with Gasteiger partial charge >= 0.3 is 0 Å². The topological polar surface area (TPSA) is 114 Å². The highest BCUT2D eigenvalue weighted by Crippen LogP contribution is 2.14. The van der Waals surface area contributed by atoms with Crippen molar-refractivity contribution in [3.8, 4) is 11.4 Å². The fraction of sp³-hybridized carbons (Fsp3) is 0.278. The number of hydrogen-bond acceptors (Lipinski definition) is 7. The molecule has 0 bridgehead atoms. The monoisotopic (exact) mass is 369 g/mol. The van der Waals surface area contributed by atoms with Gasteiger partial charge in [-0.2, -0.15) is 4.98 Å². The Morgan fingerprint density at radius 2 is 2.04 bits per heavy atom. The normalized spacial score (nSPS) is 10.6. The van der Waals surface area contributed by atoms with Crippen molar-refractivity contribution in [2.24, 2.45) is 0 Å². The van der Waals surface area contributed by atoms with Crippen molar-refractivity contribution in [1.82, 2.24) is 25.3 Å². The highest BCUT2D eigenvalue weighted by Gasteiger charge is 2.15. The van der Waals surface area contributed by atoms with Crippen LogP contribution in [0.25, 0.3) is 11.4 Å². The van der Waals surface area contributed by atoms with E-state index >= 15 is 0 Å². The average Bonchev–Trinajstić information content (AvgIpc) is 3.37. The van der Waals surface area contributed by atoms with E-state index in [1.165, 1.54) is 11.2 Å². The van der Waals surface area contributed by atoms with Gasteiger partial charge in [-0.3, -0.25) is 14.6 Å². The highest BCUT2D eigenvalue weighted by atomic mass is 16.5. The third kappa shape index (κ3) is 5.24. The predicted molar refractivity (Wildman–Crippen MR) is 94.0 cm³/mol. The van der Waals surface area contributed by atoms with Crippen LogP contribution in [-0.2, 0) is 22.6 Å². The van der Waals surface area contributed by atoms with Crippen molar-refractivity contribution in [3.05, 3.63) is 54.6 Å². The maximum Gasteiger partial charge on any atom is 0.239 e. The molecule has 1 N–H and O–H groups in total. The maximum atomic E-state index is 12.2. The number of carbonyl (C=O) groups is 2. The van der Waals surface area contributed by atoms with E-state index in [2.05, 4.69) is 20.4 Å². The van der Waals surface area contributed by atoms with E-state index in [-0.39, 0.29) is 31.3 Å². The van der Waals surface area contributed by atoms with Gasteiger partial charge in [0.05, 0.1) is 19.4 Å². The zero-order chi connectivity index (χ0) is 19.1. The first kappa shape index (κ1) is 18.3. The third-order valence-electron chi connectivity index (χ3n) is 3.81. The van der Waals surface area contributed by atoms with Crippen LogP contribution in [0.1, 0.15) is 18.1 Å². The van der Waals surface area contributed by atoms with E-state index in [4.69, 9.17) is 8.94 Å². The van der Waals surface area contributed by atoms with Gasteiger partial charge in [-0.05, 0) is 24.3 Å². The number of rotatable bonds is 8. The molecule has 0 atom stereocenters. The number of hydrogen-bond donors (Lipinski definition) is 1. The van der Waals surface area contributed by atoms with Gasteiger partial charge in [-0.25, -0.2) is 0 Å². The quantitative estimate of drug-likeness (QED) is 0.639. The molecule has 0 unspecified atom stereocenters. The molecule has 0 aromatic carbocycles. The smallest absolute Gasteiger partial charge is 0.239 e. The van der Waals surface area contributed by atoms with E-state index in [1.54, 1.807) is 43.7 Å². The van der Waals surface area contributed by atoms with Crippen LogP contribution in [0.4, 0.5) is 0 Å². The van der Waals surface area contributed by atoms with Crippen molar-refractivity contribution in [1.29, 1.82) is 0 Å². The molecule has 0 fully saturated rings. The van der Waals surface area contributed by atoms with Crippen molar-refractivity contribution >= 4 is 11.8 Å². The third-order valence-corrected chi connectivity index (χ3v) is 3.81. The zero-order valence-electron chi connectivity index (χ0n) is 14.8. The van der Waals surface area contributed by atoms with Crippen LogP contribution < -0.4 is 5.32 Å². The summed E-state index contributed by atoms with van der Waals surface area (Å²) in [5, 5.41) is 6.59. The molecule has 3 heterocycles. The summed E-state index contributed by atoms with van der Waals surface area (Å²) in [6.07, 6.45) is 5.28. The summed E-state index contributed by atoms with van der Waals surface area (Å²) < 4.78 is 10.3. The summed E-state index contributed by atoms with van der Waals surface area (Å²) in [6.45, 7) is 0.249. The van der Waals surface area contributed by atoms with Crippen LogP contribution in [0.3, 0.4) is 0 Å². The van der Waals surface area contributed by atoms with E-state index in [9.17, 15) is 9.59 Å². The van der Waals surface area contributed by atoms with Crippen LogP contribution in [-0.4, -0.2) is 45.4 Å². The largest absolute Gasteiger partial charge is 0.467 e. The molecular weight excluding hydrogens is 350 g/mol. The molecule has 27 heavy (non-hydrogen) atoms. The number of amides is 2. The average molecular weight is 369 g/mol. The number of nitrogens with zero attached hydrogens (tertiary/aromatic N) is 4. The lowest BCUT2D eigenvalue weighted by Crippen LogP contribution is -2.38. The standard InChI is InChI=1S/C18H19N5O4/c1-23(12-15(24)20-11-14-3-2-10-26-14)17(25)5-4-16-21-18(22-27-16)13-6-8-19-9-7-13/h2-3,6-10H,4-5,11-12H2,1H3,(H,20,24). The molecule has 2 amide bonds. The molecule has 9 nitrogen and oxygen atoms in total. The van der Waals surface area contributed by atoms with Crippen LogP contribution in [0.2, 0.25) is 0 Å². The second-order valence-corrected chi connectivity index (χ2v) is 5.85. The summed E-state index contributed by atoms with van der Waals surface area (Å²) in [5.41, 5.74) is 0.789. The summed E-state index contributed by atoms with van der Waals surface area (Å²) in [6, 6.07) is 7.05. The Labute approximate surface area is 155 Å². The zero-order valence-corrected chi connectivity index (χ0v) is 14.8. The molecule has 3 rings (SSSR count). The second-order valence-electron chi connectivity index (χ2n) is 5.85. The first-order chi connectivity index (χ1) is 13.1. The van der Waals surface area contributed by atoms with Crippen LogP contribution in [0.15, 0.2) is 51.9 Å². The van der Waals surface area contributed by atoms with Gasteiger partial charge in [0.25, 0.3) is 0 Å². The number of aromatic nitrogens is 3. The van der Waals surface area contributed by atoms with Crippen LogP contribution in [0, 0.1) is 0 Å². The van der Waals surface area contributed by atoms with Gasteiger partial charge in [0.15, 0.2) is 0 Å². The summed E-state index contributed by atoms with van der Waals surface area (Å²) in [4.78, 5) is 33.6. The Hall–Kier alpha value is -3.49. The van der Waals surface area contributed by atoms with E-state index < -0.39 is 0 Å². The first-order valence-corrected chi connectivity index (χ1v) is 8.38. The fourth-order valence-corrected chi connectivity index (χ4v) is 2.34. The Morgan fingerprint density at radius 3 is 2.78 bits per heavy atom. The molecule has 3 aromatic rings. The van der Waals surface area contributed by atoms with E-state index in [0.717, 1.165) is 5.56 Å². The lowest BCUT2D eigenvalue weighted by molar-refractivity contribution is -0.134. The Morgan fingerprint density at radius 1 is 1.22 bits per heavy atom. The molecule has 0 radical (unpaired) electrons. The lowest BCUT2D eigenvalue weighted by atomic mass is 10.2. The number of furan rings is 1. The SMILES string of the molecule is CN(CC(=O)NCc1ccco1)C(=O)CCc1nc(-c2ccncc2)no1. The Bertz CT molecular complexity index is 876. The minimum atomic E-state index is -0.264. The minimum absolute atomic E-state index is 0.0361. The van der Waals surface area contributed by atoms with Crippen molar-refractivity contribution in [3.63, 3.8) is 0 Å². The summed E-state index contributed by atoms with van der Waals surface area (Å²) in [7, 11) is 1.57. The molecule has 3 aromatic heterocycles. The van der Waals surface area contributed by atoms with Crippen LogP contribution >= 0.6 is 0 Å². The molecule has 0 aliphatic carbocycles. The van der Waals surface area contributed by atoms with Crippen molar-refractivity contribution in [2.45, 2.75) is 19.4 Å². The number of pyridine rings is 1. The van der Waals surface area contributed by atoms with Crippen molar-refractivity contribution < 1.29 is 18.5 Å².